The predicted molar refractivity (Wildman–Crippen MR) is 109 cm³/mol. The van der Waals surface area contributed by atoms with Crippen LogP contribution in [0.4, 0.5) is 0 Å². The van der Waals surface area contributed by atoms with Crippen LogP contribution < -0.4 is 0 Å². The van der Waals surface area contributed by atoms with Crippen LogP contribution in [-0.4, -0.2) is 27.5 Å². The summed E-state index contributed by atoms with van der Waals surface area (Å²) in [6.07, 6.45) is 0.835. The molecule has 0 saturated heterocycles. The van der Waals surface area contributed by atoms with E-state index in [0.29, 0.717) is 27.3 Å². The number of carbonyl (C=O) groups is 1. The van der Waals surface area contributed by atoms with Crippen molar-refractivity contribution in [1.82, 2.24) is 15.1 Å². The van der Waals surface area contributed by atoms with Crippen LogP contribution in [0.2, 0.25) is 15.1 Å². The van der Waals surface area contributed by atoms with E-state index >= 15 is 0 Å². The van der Waals surface area contributed by atoms with Crippen molar-refractivity contribution in [2.24, 2.45) is 0 Å². The first-order valence-corrected chi connectivity index (χ1v) is 9.74. The van der Waals surface area contributed by atoms with Crippen LogP contribution in [0.1, 0.15) is 41.0 Å². The molecule has 0 saturated carbocycles. The number of aromatic nitrogens is 2. The number of aromatic amines is 1. The molecule has 27 heavy (non-hydrogen) atoms. The van der Waals surface area contributed by atoms with Crippen LogP contribution >= 0.6 is 34.8 Å². The molecule has 0 bridgehead atoms. The first kappa shape index (κ1) is 18.4. The number of hydrogen-bond donors (Lipinski definition) is 1. The van der Waals surface area contributed by atoms with E-state index in [1.165, 1.54) is 0 Å². The monoisotopic (exact) mass is 419 g/mol. The molecule has 0 radical (unpaired) electrons. The third-order valence-corrected chi connectivity index (χ3v) is 5.52. The van der Waals surface area contributed by atoms with Gasteiger partial charge in [-0.1, -0.05) is 59.9 Å². The van der Waals surface area contributed by atoms with Gasteiger partial charge in [-0.2, -0.15) is 5.10 Å². The highest BCUT2D eigenvalue weighted by Crippen LogP contribution is 2.45. The Bertz CT molecular complexity index is 1010. The molecule has 1 aromatic heterocycles. The average molecular weight is 421 g/mol. The molecule has 1 amide bonds. The van der Waals surface area contributed by atoms with E-state index < -0.39 is 0 Å². The minimum Gasteiger partial charge on any atom is -0.326 e. The number of carbonyl (C=O) groups excluding carboxylic acids is 1. The van der Waals surface area contributed by atoms with Gasteiger partial charge in [-0.3, -0.25) is 9.89 Å². The Morgan fingerprint density at radius 2 is 1.78 bits per heavy atom. The fraction of sp³-hybridized carbons (Fsp3) is 0.200. The Morgan fingerprint density at radius 3 is 2.44 bits per heavy atom. The molecule has 0 spiro atoms. The van der Waals surface area contributed by atoms with E-state index in [2.05, 4.69) is 10.2 Å². The van der Waals surface area contributed by atoms with Crippen molar-refractivity contribution in [3.05, 3.63) is 74.4 Å². The SMILES string of the molecule is CCCN1C(=O)c2[nH]nc(-c3ccc(Cl)cc3)c2C1c1ccc(Cl)cc1Cl. The first-order valence-electron chi connectivity index (χ1n) is 8.61. The number of benzene rings is 2. The van der Waals surface area contributed by atoms with E-state index in [1.54, 1.807) is 12.1 Å². The molecule has 1 N–H and O–H groups in total. The van der Waals surface area contributed by atoms with Crippen LogP contribution in [0.5, 0.6) is 0 Å². The smallest absolute Gasteiger partial charge is 0.273 e. The summed E-state index contributed by atoms with van der Waals surface area (Å²) in [6, 6.07) is 12.5. The van der Waals surface area contributed by atoms with Crippen LogP contribution in [-0.2, 0) is 0 Å². The molecule has 1 aliphatic rings. The van der Waals surface area contributed by atoms with Crippen molar-refractivity contribution in [2.75, 3.05) is 6.54 Å². The topological polar surface area (TPSA) is 49.0 Å². The molecule has 4 rings (SSSR count). The second-order valence-electron chi connectivity index (χ2n) is 6.43. The first-order chi connectivity index (χ1) is 13.0. The minimum absolute atomic E-state index is 0.0735. The highest BCUT2D eigenvalue weighted by molar-refractivity contribution is 6.35. The molecule has 0 aliphatic carbocycles. The summed E-state index contributed by atoms with van der Waals surface area (Å²) in [4.78, 5) is 14.8. The number of halogens is 3. The standard InChI is InChI=1S/C20H16Cl3N3O/c1-2-9-26-19(14-8-7-13(22)10-15(14)23)16-17(24-25-18(16)20(26)27)11-3-5-12(21)6-4-11/h3-8,10,19H,2,9H2,1H3,(H,24,25). The second-order valence-corrected chi connectivity index (χ2v) is 7.71. The number of hydrogen-bond acceptors (Lipinski definition) is 2. The molecule has 2 aromatic carbocycles. The Morgan fingerprint density at radius 1 is 1.07 bits per heavy atom. The number of H-pyrrole nitrogens is 1. The fourth-order valence-corrected chi connectivity index (χ4v) is 4.18. The molecule has 138 valence electrons. The highest BCUT2D eigenvalue weighted by Gasteiger charge is 2.42. The molecular formula is C20H16Cl3N3O. The maximum atomic E-state index is 13.0. The summed E-state index contributed by atoms with van der Waals surface area (Å²) in [5, 5.41) is 9.07. The van der Waals surface area contributed by atoms with E-state index in [9.17, 15) is 4.79 Å². The minimum atomic E-state index is -0.318. The summed E-state index contributed by atoms with van der Waals surface area (Å²) < 4.78 is 0. The van der Waals surface area contributed by atoms with Crippen molar-refractivity contribution in [2.45, 2.75) is 19.4 Å². The van der Waals surface area contributed by atoms with E-state index in [1.807, 2.05) is 42.2 Å². The molecule has 4 nitrogen and oxygen atoms in total. The quantitative estimate of drug-likeness (QED) is 0.563. The van der Waals surface area contributed by atoms with Crippen LogP contribution in [0.25, 0.3) is 11.3 Å². The summed E-state index contributed by atoms with van der Waals surface area (Å²) in [6.45, 7) is 2.66. The normalized spacial score (nSPS) is 16.1. The Balaban J connectivity index is 1.91. The lowest BCUT2D eigenvalue weighted by Gasteiger charge is -2.26. The van der Waals surface area contributed by atoms with Gasteiger partial charge in [0.05, 0.1) is 11.7 Å². The molecule has 1 atom stereocenters. The van der Waals surface area contributed by atoms with Gasteiger partial charge in [-0.15, -0.1) is 0 Å². The molecule has 7 heteroatoms. The lowest BCUT2D eigenvalue weighted by Crippen LogP contribution is -2.30. The van der Waals surface area contributed by atoms with Gasteiger partial charge < -0.3 is 4.90 Å². The lowest BCUT2D eigenvalue weighted by molar-refractivity contribution is 0.0744. The summed E-state index contributed by atoms with van der Waals surface area (Å²) in [5.41, 5.74) is 3.78. The maximum Gasteiger partial charge on any atom is 0.273 e. The van der Waals surface area contributed by atoms with Gasteiger partial charge in [-0.25, -0.2) is 0 Å². The fourth-order valence-electron chi connectivity index (χ4n) is 3.54. The highest BCUT2D eigenvalue weighted by atomic mass is 35.5. The van der Waals surface area contributed by atoms with Crippen molar-refractivity contribution < 1.29 is 4.79 Å². The Labute approximate surface area is 172 Å². The largest absolute Gasteiger partial charge is 0.326 e. The van der Waals surface area contributed by atoms with Gasteiger partial charge >= 0.3 is 0 Å². The molecular weight excluding hydrogens is 405 g/mol. The van der Waals surface area contributed by atoms with Gasteiger partial charge in [-0.05, 0) is 36.2 Å². The third kappa shape index (κ3) is 3.12. The molecule has 3 aromatic rings. The molecule has 1 aliphatic heterocycles. The van der Waals surface area contributed by atoms with Gasteiger partial charge in [0.15, 0.2) is 0 Å². The summed E-state index contributed by atoms with van der Waals surface area (Å²) >= 11 is 18.6. The van der Waals surface area contributed by atoms with E-state index in [-0.39, 0.29) is 11.9 Å². The number of fused-ring (bicyclic) bond motifs is 1. The van der Waals surface area contributed by atoms with Crippen molar-refractivity contribution in [3.63, 3.8) is 0 Å². The number of amides is 1. The zero-order valence-electron chi connectivity index (χ0n) is 14.5. The van der Waals surface area contributed by atoms with Crippen LogP contribution in [0, 0.1) is 0 Å². The van der Waals surface area contributed by atoms with Crippen molar-refractivity contribution in [3.8, 4) is 11.3 Å². The van der Waals surface area contributed by atoms with E-state index in [4.69, 9.17) is 34.8 Å². The zero-order valence-corrected chi connectivity index (χ0v) is 16.7. The molecule has 1 unspecified atom stereocenters. The van der Waals surface area contributed by atoms with Gasteiger partial charge in [0.25, 0.3) is 5.91 Å². The Hall–Kier alpha value is -2.01. The summed E-state index contributed by atoms with van der Waals surface area (Å²) in [7, 11) is 0. The number of rotatable bonds is 4. The van der Waals surface area contributed by atoms with Gasteiger partial charge in [0.1, 0.15) is 5.69 Å². The average Bonchev–Trinajstić information content (AvgIpc) is 3.17. The van der Waals surface area contributed by atoms with Gasteiger partial charge in [0.2, 0.25) is 0 Å². The predicted octanol–water partition coefficient (Wildman–Crippen LogP) is 5.99. The van der Waals surface area contributed by atoms with E-state index in [0.717, 1.165) is 28.8 Å². The van der Waals surface area contributed by atoms with Crippen molar-refractivity contribution >= 4 is 40.7 Å². The Kier molecular flexibility index (Phi) is 4.89. The summed E-state index contributed by atoms with van der Waals surface area (Å²) in [5.74, 6) is -0.0735. The molecule has 2 heterocycles. The van der Waals surface area contributed by atoms with Crippen LogP contribution in [0.3, 0.4) is 0 Å². The van der Waals surface area contributed by atoms with Crippen molar-refractivity contribution in [1.29, 1.82) is 0 Å². The lowest BCUT2D eigenvalue weighted by atomic mass is 9.96. The third-order valence-electron chi connectivity index (χ3n) is 4.70. The van der Waals surface area contributed by atoms with Crippen LogP contribution in [0.15, 0.2) is 42.5 Å². The second kappa shape index (κ2) is 7.19. The zero-order chi connectivity index (χ0) is 19.1. The maximum absolute atomic E-state index is 13.0. The number of nitrogens with one attached hydrogen (secondary N) is 1. The number of nitrogens with zero attached hydrogens (tertiary/aromatic N) is 2. The van der Waals surface area contributed by atoms with Gasteiger partial charge in [0, 0.05) is 32.7 Å². The molecule has 0 fully saturated rings.